The average Bonchev–Trinajstić information content (AvgIpc) is 3.06. The zero-order valence-corrected chi connectivity index (χ0v) is 12.6. The Morgan fingerprint density at radius 1 is 1.45 bits per heavy atom. The third-order valence-electron chi connectivity index (χ3n) is 5.85. The summed E-state index contributed by atoms with van der Waals surface area (Å²) in [5.74, 6) is 0.520. The van der Waals surface area contributed by atoms with E-state index in [0.717, 1.165) is 32.1 Å². The second-order valence-electron chi connectivity index (χ2n) is 7.37. The van der Waals surface area contributed by atoms with Crippen molar-refractivity contribution in [3.05, 3.63) is 0 Å². The molecule has 0 aromatic heterocycles. The van der Waals surface area contributed by atoms with Gasteiger partial charge in [0.25, 0.3) is 0 Å². The van der Waals surface area contributed by atoms with Gasteiger partial charge in [0.15, 0.2) is 0 Å². The SMILES string of the molecule is CCC(C)(C)C(=O)OC1CC2CC1C1(CCOC1=O)C2. The first kappa shape index (κ1) is 13.9. The molecule has 0 amide bonds. The minimum Gasteiger partial charge on any atom is -0.465 e. The van der Waals surface area contributed by atoms with Crippen LogP contribution in [0.3, 0.4) is 0 Å². The molecular weight excluding hydrogens is 256 g/mol. The van der Waals surface area contributed by atoms with Gasteiger partial charge < -0.3 is 9.47 Å². The number of rotatable bonds is 3. The lowest BCUT2D eigenvalue weighted by Gasteiger charge is -2.36. The maximum atomic E-state index is 12.3. The van der Waals surface area contributed by atoms with E-state index in [2.05, 4.69) is 0 Å². The fourth-order valence-electron chi connectivity index (χ4n) is 4.18. The number of fused-ring (bicyclic) bond motifs is 3. The molecule has 0 aromatic carbocycles. The summed E-state index contributed by atoms with van der Waals surface area (Å²) in [5, 5.41) is 0. The fraction of sp³-hybridized carbons (Fsp3) is 0.875. The molecule has 0 radical (unpaired) electrons. The van der Waals surface area contributed by atoms with Gasteiger partial charge in [0.05, 0.1) is 17.4 Å². The summed E-state index contributed by atoms with van der Waals surface area (Å²) < 4.78 is 11.0. The number of carbonyl (C=O) groups is 2. The summed E-state index contributed by atoms with van der Waals surface area (Å²) in [6.45, 7) is 6.37. The molecule has 4 unspecified atom stereocenters. The Bertz CT molecular complexity index is 442. The minimum atomic E-state index is -0.439. The summed E-state index contributed by atoms with van der Waals surface area (Å²) in [4.78, 5) is 24.4. The second kappa shape index (κ2) is 4.47. The van der Waals surface area contributed by atoms with E-state index in [1.807, 2.05) is 20.8 Å². The number of cyclic esters (lactones) is 1. The lowest BCUT2D eigenvalue weighted by atomic mass is 9.71. The highest BCUT2D eigenvalue weighted by Gasteiger charge is 2.63. The van der Waals surface area contributed by atoms with Crippen LogP contribution in [0.2, 0.25) is 0 Å². The van der Waals surface area contributed by atoms with Crippen LogP contribution < -0.4 is 0 Å². The lowest BCUT2D eigenvalue weighted by Crippen LogP contribution is -2.42. The topological polar surface area (TPSA) is 52.6 Å². The molecule has 20 heavy (non-hydrogen) atoms. The highest BCUT2D eigenvalue weighted by atomic mass is 16.6. The van der Waals surface area contributed by atoms with Gasteiger partial charge >= 0.3 is 11.9 Å². The number of esters is 2. The van der Waals surface area contributed by atoms with Crippen LogP contribution in [-0.2, 0) is 19.1 Å². The van der Waals surface area contributed by atoms with E-state index in [9.17, 15) is 9.59 Å². The Labute approximate surface area is 120 Å². The van der Waals surface area contributed by atoms with Crippen molar-refractivity contribution in [2.45, 2.75) is 59.0 Å². The largest absolute Gasteiger partial charge is 0.465 e. The van der Waals surface area contributed by atoms with Crippen LogP contribution >= 0.6 is 0 Å². The van der Waals surface area contributed by atoms with Gasteiger partial charge in [-0.3, -0.25) is 9.59 Å². The van der Waals surface area contributed by atoms with E-state index in [4.69, 9.17) is 9.47 Å². The van der Waals surface area contributed by atoms with Crippen molar-refractivity contribution in [1.29, 1.82) is 0 Å². The van der Waals surface area contributed by atoms with Crippen molar-refractivity contribution < 1.29 is 19.1 Å². The van der Waals surface area contributed by atoms with Crippen LogP contribution in [0.1, 0.15) is 52.9 Å². The molecule has 1 saturated heterocycles. The van der Waals surface area contributed by atoms with Crippen LogP contribution in [0.15, 0.2) is 0 Å². The summed E-state index contributed by atoms with van der Waals surface area (Å²) in [6.07, 6.45) is 4.35. The van der Waals surface area contributed by atoms with E-state index < -0.39 is 5.41 Å². The molecule has 3 fully saturated rings. The van der Waals surface area contributed by atoms with E-state index in [-0.39, 0.29) is 29.4 Å². The van der Waals surface area contributed by atoms with Gasteiger partial charge in [-0.1, -0.05) is 6.92 Å². The van der Waals surface area contributed by atoms with Crippen LogP contribution in [0.5, 0.6) is 0 Å². The number of ether oxygens (including phenoxy) is 2. The quantitative estimate of drug-likeness (QED) is 0.746. The molecule has 2 bridgehead atoms. The minimum absolute atomic E-state index is 0.0551. The molecule has 0 N–H and O–H groups in total. The Balaban J connectivity index is 1.74. The Hall–Kier alpha value is -1.06. The zero-order valence-electron chi connectivity index (χ0n) is 12.6. The van der Waals surface area contributed by atoms with Crippen molar-refractivity contribution in [3.8, 4) is 0 Å². The van der Waals surface area contributed by atoms with Crippen LogP contribution in [0, 0.1) is 22.7 Å². The van der Waals surface area contributed by atoms with Crippen molar-refractivity contribution in [3.63, 3.8) is 0 Å². The predicted octanol–water partition coefficient (Wildman–Crippen LogP) is 2.70. The standard InChI is InChI=1S/C16H24O4/c1-4-15(2,3)13(17)20-12-8-10-7-11(12)16(9-10)5-6-19-14(16)18/h10-12H,4-9H2,1-3H3. The van der Waals surface area contributed by atoms with Gasteiger partial charge in [-0.05, 0) is 51.9 Å². The van der Waals surface area contributed by atoms with Gasteiger partial charge in [0, 0.05) is 5.92 Å². The first-order valence-electron chi connectivity index (χ1n) is 7.77. The smallest absolute Gasteiger partial charge is 0.312 e. The first-order valence-corrected chi connectivity index (χ1v) is 7.77. The summed E-state index contributed by atoms with van der Waals surface area (Å²) >= 11 is 0. The van der Waals surface area contributed by atoms with E-state index in [1.165, 1.54) is 0 Å². The maximum Gasteiger partial charge on any atom is 0.312 e. The first-order chi connectivity index (χ1) is 9.39. The summed E-state index contributed by atoms with van der Waals surface area (Å²) in [5.41, 5.74) is -0.782. The lowest BCUT2D eigenvalue weighted by molar-refractivity contribution is -0.169. The molecule has 4 atom stereocenters. The third kappa shape index (κ3) is 1.87. The van der Waals surface area contributed by atoms with Crippen LogP contribution in [0.4, 0.5) is 0 Å². The second-order valence-corrected chi connectivity index (χ2v) is 7.37. The third-order valence-corrected chi connectivity index (χ3v) is 5.85. The van der Waals surface area contributed by atoms with Gasteiger partial charge in [-0.25, -0.2) is 0 Å². The van der Waals surface area contributed by atoms with Gasteiger partial charge in [-0.15, -0.1) is 0 Å². The summed E-state index contributed by atoms with van der Waals surface area (Å²) in [7, 11) is 0. The molecule has 2 saturated carbocycles. The summed E-state index contributed by atoms with van der Waals surface area (Å²) in [6, 6.07) is 0. The molecular formula is C16H24O4. The zero-order chi connectivity index (χ0) is 14.5. The van der Waals surface area contributed by atoms with Crippen molar-refractivity contribution >= 4 is 11.9 Å². The van der Waals surface area contributed by atoms with Gasteiger partial charge in [-0.2, -0.15) is 0 Å². The molecule has 2 aliphatic carbocycles. The number of carbonyl (C=O) groups excluding carboxylic acids is 2. The van der Waals surface area contributed by atoms with Crippen LogP contribution in [0.25, 0.3) is 0 Å². The average molecular weight is 280 g/mol. The van der Waals surface area contributed by atoms with E-state index in [1.54, 1.807) is 0 Å². The van der Waals surface area contributed by atoms with E-state index in [0.29, 0.717) is 12.5 Å². The molecule has 112 valence electrons. The number of hydrogen-bond donors (Lipinski definition) is 0. The molecule has 3 aliphatic rings. The highest BCUT2D eigenvalue weighted by Crippen LogP contribution is 2.60. The van der Waals surface area contributed by atoms with Crippen LogP contribution in [-0.4, -0.2) is 24.6 Å². The Morgan fingerprint density at radius 3 is 2.75 bits per heavy atom. The van der Waals surface area contributed by atoms with E-state index >= 15 is 0 Å². The molecule has 4 nitrogen and oxygen atoms in total. The number of hydrogen-bond acceptors (Lipinski definition) is 4. The van der Waals surface area contributed by atoms with Crippen molar-refractivity contribution in [2.24, 2.45) is 22.7 Å². The molecule has 1 heterocycles. The highest BCUT2D eigenvalue weighted by molar-refractivity contribution is 5.80. The Morgan fingerprint density at radius 2 is 2.20 bits per heavy atom. The molecule has 3 rings (SSSR count). The molecule has 1 aliphatic heterocycles. The normalized spacial score (nSPS) is 39.4. The monoisotopic (exact) mass is 280 g/mol. The van der Waals surface area contributed by atoms with Gasteiger partial charge in [0.2, 0.25) is 0 Å². The molecule has 1 spiro atoms. The molecule has 4 heteroatoms. The molecule has 0 aromatic rings. The fourth-order valence-corrected chi connectivity index (χ4v) is 4.18. The maximum absolute atomic E-state index is 12.3. The van der Waals surface area contributed by atoms with Crippen molar-refractivity contribution in [2.75, 3.05) is 6.61 Å². The van der Waals surface area contributed by atoms with Gasteiger partial charge in [0.1, 0.15) is 6.10 Å². The Kier molecular flexibility index (Phi) is 3.11. The predicted molar refractivity (Wildman–Crippen MR) is 72.8 cm³/mol. The van der Waals surface area contributed by atoms with Crippen molar-refractivity contribution in [1.82, 2.24) is 0 Å².